The summed E-state index contributed by atoms with van der Waals surface area (Å²) >= 11 is 0. The molecule has 36 heavy (non-hydrogen) atoms. The Balaban J connectivity index is 1.73. The fourth-order valence-electron chi connectivity index (χ4n) is 5.25. The Hall–Kier alpha value is -4.41. The predicted octanol–water partition coefficient (Wildman–Crippen LogP) is 7.60. The van der Waals surface area contributed by atoms with Crippen LogP contribution in [-0.2, 0) is 19.8 Å². The maximum atomic E-state index is 10.1. The number of nitriles is 1. The van der Waals surface area contributed by atoms with Gasteiger partial charge >= 0.3 is 0 Å². The van der Waals surface area contributed by atoms with Crippen molar-refractivity contribution in [2.75, 3.05) is 0 Å². The molecule has 1 aliphatic rings. The molecule has 0 fully saturated rings. The minimum Gasteiger partial charge on any atom is -0.454 e. The maximum Gasteiger partial charge on any atom is 0.216 e. The van der Waals surface area contributed by atoms with Gasteiger partial charge in [-0.1, -0.05) is 37.6 Å². The number of benzene rings is 3. The molecule has 0 amide bonds. The third-order valence-electron chi connectivity index (χ3n) is 6.86. The van der Waals surface area contributed by atoms with Gasteiger partial charge in [-0.3, -0.25) is 0 Å². The van der Waals surface area contributed by atoms with E-state index in [1.54, 1.807) is 32.0 Å². The highest BCUT2D eigenvalue weighted by atomic mass is 16.3. The second kappa shape index (κ2) is 7.80. The average molecular weight is 473 g/mol. The van der Waals surface area contributed by atoms with Gasteiger partial charge in [0.15, 0.2) is 11.9 Å². The van der Waals surface area contributed by atoms with Crippen LogP contribution in [0, 0.1) is 30.2 Å². The molecular weight excluding hydrogens is 442 g/mol. The summed E-state index contributed by atoms with van der Waals surface area (Å²) in [6, 6.07) is 19.0. The SMILES string of the molecule is [2H]C1([2H])c2cc(-c3c(C#N)ccc4c3oc3c(-c5cccc[n+]5C)c(C)ccc34)cc([N+]#[C-])c2C([2H])([2H])C1(C)C. The second-order valence-electron chi connectivity index (χ2n) is 9.81. The number of fused-ring (bicyclic) bond motifs is 4. The Labute approximate surface area is 216 Å². The van der Waals surface area contributed by atoms with Crippen molar-refractivity contribution < 1.29 is 14.5 Å². The smallest absolute Gasteiger partial charge is 0.216 e. The van der Waals surface area contributed by atoms with Gasteiger partial charge in [0, 0.05) is 34.0 Å². The molecule has 0 aliphatic heterocycles. The first-order valence-corrected chi connectivity index (χ1v) is 11.8. The van der Waals surface area contributed by atoms with Crippen LogP contribution in [0.4, 0.5) is 5.69 Å². The summed E-state index contributed by atoms with van der Waals surface area (Å²) in [7, 11) is 1.97. The molecule has 174 valence electrons. The van der Waals surface area contributed by atoms with E-state index in [0.29, 0.717) is 27.9 Å². The van der Waals surface area contributed by atoms with Gasteiger partial charge in [0.05, 0.1) is 23.8 Å². The minimum absolute atomic E-state index is 0.0387. The molecule has 0 unspecified atom stereocenters. The van der Waals surface area contributed by atoms with E-state index < -0.39 is 18.2 Å². The molecule has 3 aromatic carbocycles. The molecular formula is C32H26N3O+. The molecule has 2 heterocycles. The number of hydrogen-bond acceptors (Lipinski definition) is 2. The van der Waals surface area contributed by atoms with Gasteiger partial charge < -0.3 is 4.42 Å². The monoisotopic (exact) mass is 472 g/mol. The fraction of sp³-hybridized carbons (Fsp3) is 0.219. The Morgan fingerprint density at radius 3 is 2.53 bits per heavy atom. The molecule has 0 saturated carbocycles. The highest BCUT2D eigenvalue weighted by Crippen LogP contribution is 2.46. The van der Waals surface area contributed by atoms with Crippen molar-refractivity contribution in [2.24, 2.45) is 12.5 Å². The molecule has 4 nitrogen and oxygen atoms in total. The van der Waals surface area contributed by atoms with Crippen LogP contribution in [0.2, 0.25) is 0 Å². The summed E-state index contributed by atoms with van der Waals surface area (Å²) < 4.78 is 44.0. The number of aromatic nitrogens is 1. The summed E-state index contributed by atoms with van der Waals surface area (Å²) in [5.41, 5.74) is 4.15. The van der Waals surface area contributed by atoms with E-state index in [9.17, 15) is 5.26 Å². The third kappa shape index (κ3) is 3.23. The molecule has 4 heteroatoms. The molecule has 5 aromatic rings. The molecule has 2 aromatic heterocycles. The highest BCUT2D eigenvalue weighted by molar-refractivity contribution is 6.14. The van der Waals surface area contributed by atoms with Crippen molar-refractivity contribution >= 4 is 27.6 Å². The Bertz CT molecular complexity index is 1990. The molecule has 0 bridgehead atoms. The summed E-state index contributed by atoms with van der Waals surface area (Å²) in [6.45, 7) is 13.0. The topological polar surface area (TPSA) is 45.2 Å². The number of pyridine rings is 1. The largest absolute Gasteiger partial charge is 0.454 e. The van der Waals surface area contributed by atoms with Crippen molar-refractivity contribution in [1.29, 1.82) is 5.26 Å². The lowest BCUT2D eigenvalue weighted by molar-refractivity contribution is -0.660. The Morgan fingerprint density at radius 2 is 1.81 bits per heavy atom. The zero-order valence-corrected chi connectivity index (χ0v) is 20.5. The molecule has 0 radical (unpaired) electrons. The molecule has 1 aliphatic carbocycles. The first-order valence-electron chi connectivity index (χ1n) is 13.8. The van der Waals surface area contributed by atoms with Crippen LogP contribution in [-0.4, -0.2) is 0 Å². The number of hydrogen-bond donors (Lipinski definition) is 0. The number of rotatable bonds is 2. The van der Waals surface area contributed by atoms with E-state index >= 15 is 0 Å². The van der Waals surface area contributed by atoms with Gasteiger partial charge in [-0.2, -0.15) is 5.26 Å². The van der Waals surface area contributed by atoms with E-state index in [0.717, 1.165) is 27.6 Å². The Morgan fingerprint density at radius 1 is 1.06 bits per heavy atom. The minimum atomic E-state index is -2.06. The predicted molar refractivity (Wildman–Crippen MR) is 143 cm³/mol. The second-order valence-corrected chi connectivity index (χ2v) is 9.81. The van der Waals surface area contributed by atoms with E-state index in [4.69, 9.17) is 16.5 Å². The van der Waals surface area contributed by atoms with Crippen LogP contribution >= 0.6 is 0 Å². The lowest BCUT2D eigenvalue weighted by Crippen LogP contribution is -2.30. The van der Waals surface area contributed by atoms with Crippen molar-refractivity contribution in [3.63, 3.8) is 0 Å². The van der Waals surface area contributed by atoms with Crippen LogP contribution in [0.15, 0.2) is 65.2 Å². The lowest BCUT2D eigenvalue weighted by atomic mass is 9.90. The van der Waals surface area contributed by atoms with Crippen LogP contribution in [0.25, 0.3) is 49.2 Å². The average Bonchev–Trinajstić information content (AvgIpc) is 3.34. The first-order chi connectivity index (χ1) is 18.9. The van der Waals surface area contributed by atoms with Crippen LogP contribution < -0.4 is 4.57 Å². The van der Waals surface area contributed by atoms with Gasteiger partial charge in [-0.05, 0) is 66.0 Å². The highest BCUT2D eigenvalue weighted by Gasteiger charge is 2.31. The number of furan rings is 1. The van der Waals surface area contributed by atoms with E-state index in [-0.39, 0.29) is 16.8 Å². The van der Waals surface area contributed by atoms with E-state index in [1.165, 1.54) is 0 Å². The van der Waals surface area contributed by atoms with Gasteiger partial charge in [-0.25, -0.2) is 9.41 Å². The third-order valence-corrected chi connectivity index (χ3v) is 6.86. The molecule has 0 spiro atoms. The first kappa shape index (κ1) is 17.9. The maximum absolute atomic E-state index is 10.1. The zero-order chi connectivity index (χ0) is 28.8. The van der Waals surface area contributed by atoms with Gasteiger partial charge in [-0.15, -0.1) is 0 Å². The van der Waals surface area contributed by atoms with Crippen molar-refractivity contribution in [1.82, 2.24) is 0 Å². The standard InChI is InChI=1S/C32H26N3O/c1-19-9-11-23-24-12-10-20(18-33)29(21-14-22-16-32(2,3)17-25(22)26(15-21)34-4)31(24)36-30(23)28(19)27-8-6-7-13-35(27)5/h6-15H,16-17H2,1-3,5H3/q+1/i16D2,17D2. The molecule has 0 N–H and O–H groups in total. The summed E-state index contributed by atoms with van der Waals surface area (Å²) in [5, 5.41) is 11.8. The fourth-order valence-corrected chi connectivity index (χ4v) is 5.25. The summed E-state index contributed by atoms with van der Waals surface area (Å²) in [6.07, 6.45) is -2.15. The van der Waals surface area contributed by atoms with E-state index in [1.807, 2.05) is 61.1 Å². The molecule has 0 atom stereocenters. The van der Waals surface area contributed by atoms with Crippen LogP contribution in [0.3, 0.4) is 0 Å². The van der Waals surface area contributed by atoms with Crippen molar-refractivity contribution in [3.8, 4) is 28.5 Å². The quantitative estimate of drug-likeness (QED) is 0.196. The molecule has 0 saturated heterocycles. The summed E-state index contributed by atoms with van der Waals surface area (Å²) in [5.74, 6) is 0. The zero-order valence-electron chi connectivity index (χ0n) is 24.5. The van der Waals surface area contributed by atoms with Gasteiger partial charge in [0.2, 0.25) is 5.69 Å². The van der Waals surface area contributed by atoms with Gasteiger partial charge in [0.25, 0.3) is 0 Å². The molecule has 6 rings (SSSR count). The summed E-state index contributed by atoms with van der Waals surface area (Å²) in [4.78, 5) is 3.64. The van der Waals surface area contributed by atoms with Crippen LogP contribution in [0.5, 0.6) is 0 Å². The van der Waals surface area contributed by atoms with Crippen molar-refractivity contribution in [2.45, 2.75) is 33.5 Å². The number of nitrogens with zero attached hydrogens (tertiary/aromatic N) is 3. The normalized spacial score (nSPS) is 18.5. The van der Waals surface area contributed by atoms with Gasteiger partial charge in [0.1, 0.15) is 18.2 Å². The van der Waals surface area contributed by atoms with E-state index in [2.05, 4.69) is 10.9 Å². The number of aryl methyl sites for hydroxylation is 2. The lowest BCUT2D eigenvalue weighted by Gasteiger charge is -2.15. The van der Waals surface area contributed by atoms with Crippen molar-refractivity contribution in [3.05, 3.63) is 94.5 Å². The van der Waals surface area contributed by atoms with Crippen LogP contribution in [0.1, 0.15) is 41.6 Å². The Kier molecular flexibility index (Phi) is 3.89.